The average molecular weight is 180 g/mol. The molecule has 1 aliphatic rings. The first kappa shape index (κ1) is 8.75. The summed E-state index contributed by atoms with van der Waals surface area (Å²) >= 11 is 0. The topological polar surface area (TPSA) is 29.3 Å². The Bertz CT molecular complexity index is 274. The van der Waals surface area contributed by atoms with Gasteiger partial charge in [0.15, 0.2) is 0 Å². The zero-order chi connectivity index (χ0) is 9.26. The summed E-state index contributed by atoms with van der Waals surface area (Å²) < 4.78 is 5.27. The Morgan fingerprint density at radius 1 is 1.46 bits per heavy atom. The first-order valence-corrected chi connectivity index (χ1v) is 4.87. The van der Waals surface area contributed by atoms with Crippen LogP contribution in [0.3, 0.4) is 0 Å². The fourth-order valence-electron chi connectivity index (χ4n) is 1.87. The molecule has 2 rings (SSSR count). The van der Waals surface area contributed by atoms with Gasteiger partial charge in [0.1, 0.15) is 5.76 Å². The number of hydrogen-bond donors (Lipinski definition) is 0. The van der Waals surface area contributed by atoms with E-state index in [0.29, 0.717) is 5.92 Å². The third kappa shape index (κ3) is 1.91. The maximum absolute atomic E-state index is 5.27. The molecule has 0 aliphatic carbocycles. The largest absolute Gasteiger partial charge is 0.361 e. The summed E-state index contributed by atoms with van der Waals surface area (Å²) in [6.07, 6.45) is 2.40. The second-order valence-corrected chi connectivity index (χ2v) is 3.95. The molecule has 0 N–H and O–H groups in total. The molecule has 0 unspecified atom stereocenters. The molecule has 72 valence electrons. The SMILES string of the molecule is Cc1cc(C2CCN(C)CC2)on1. The quantitative estimate of drug-likeness (QED) is 0.660. The van der Waals surface area contributed by atoms with Crippen LogP contribution in [-0.4, -0.2) is 30.2 Å². The van der Waals surface area contributed by atoms with E-state index in [0.717, 1.165) is 11.5 Å². The van der Waals surface area contributed by atoms with Crippen LogP contribution in [0.15, 0.2) is 10.6 Å². The van der Waals surface area contributed by atoms with E-state index in [4.69, 9.17) is 4.52 Å². The van der Waals surface area contributed by atoms with Crippen LogP contribution in [0, 0.1) is 6.92 Å². The minimum atomic E-state index is 0.595. The third-order valence-corrected chi connectivity index (χ3v) is 2.77. The van der Waals surface area contributed by atoms with Gasteiger partial charge < -0.3 is 9.42 Å². The molecule has 1 aliphatic heterocycles. The zero-order valence-electron chi connectivity index (χ0n) is 8.29. The smallest absolute Gasteiger partial charge is 0.140 e. The molecule has 0 radical (unpaired) electrons. The Morgan fingerprint density at radius 2 is 2.15 bits per heavy atom. The summed E-state index contributed by atoms with van der Waals surface area (Å²) in [5.74, 6) is 1.67. The summed E-state index contributed by atoms with van der Waals surface area (Å²) in [5.41, 5.74) is 0.994. The van der Waals surface area contributed by atoms with E-state index < -0.39 is 0 Å². The van der Waals surface area contributed by atoms with Crippen LogP contribution < -0.4 is 0 Å². The van der Waals surface area contributed by atoms with Gasteiger partial charge in [-0.15, -0.1) is 0 Å². The highest BCUT2D eigenvalue weighted by molar-refractivity contribution is 5.09. The van der Waals surface area contributed by atoms with Crippen LogP contribution in [0.1, 0.15) is 30.2 Å². The zero-order valence-corrected chi connectivity index (χ0v) is 8.29. The van der Waals surface area contributed by atoms with Crippen molar-refractivity contribution in [3.8, 4) is 0 Å². The molecule has 13 heavy (non-hydrogen) atoms. The maximum Gasteiger partial charge on any atom is 0.140 e. The maximum atomic E-state index is 5.27. The minimum absolute atomic E-state index is 0.595. The summed E-state index contributed by atoms with van der Waals surface area (Å²) in [4.78, 5) is 2.36. The Balaban J connectivity index is 2.02. The van der Waals surface area contributed by atoms with Gasteiger partial charge in [-0.3, -0.25) is 0 Å². The number of hydrogen-bond acceptors (Lipinski definition) is 3. The van der Waals surface area contributed by atoms with Gasteiger partial charge in [-0.25, -0.2) is 0 Å². The van der Waals surface area contributed by atoms with Gasteiger partial charge in [0.25, 0.3) is 0 Å². The lowest BCUT2D eigenvalue weighted by atomic mass is 9.94. The first-order valence-electron chi connectivity index (χ1n) is 4.87. The second-order valence-electron chi connectivity index (χ2n) is 3.95. The lowest BCUT2D eigenvalue weighted by Gasteiger charge is -2.27. The highest BCUT2D eigenvalue weighted by Gasteiger charge is 2.21. The van der Waals surface area contributed by atoms with Crippen molar-refractivity contribution in [2.45, 2.75) is 25.7 Å². The fourth-order valence-corrected chi connectivity index (χ4v) is 1.87. The predicted octanol–water partition coefficient (Wildman–Crippen LogP) is 1.79. The molecule has 3 heteroatoms. The first-order chi connectivity index (χ1) is 6.25. The highest BCUT2D eigenvalue weighted by Crippen LogP contribution is 2.27. The van der Waals surface area contributed by atoms with Crippen LogP contribution in [0.25, 0.3) is 0 Å². The molecule has 1 aromatic heterocycles. The van der Waals surface area contributed by atoms with Crippen molar-refractivity contribution in [1.29, 1.82) is 0 Å². The van der Waals surface area contributed by atoms with Gasteiger partial charge in [-0.1, -0.05) is 5.16 Å². The van der Waals surface area contributed by atoms with Crippen LogP contribution in [0.2, 0.25) is 0 Å². The molecule has 1 saturated heterocycles. The van der Waals surface area contributed by atoms with Crippen molar-refractivity contribution in [3.05, 3.63) is 17.5 Å². The van der Waals surface area contributed by atoms with Gasteiger partial charge in [0, 0.05) is 12.0 Å². The lowest BCUT2D eigenvalue weighted by molar-refractivity contribution is 0.231. The Labute approximate surface area is 78.7 Å². The molecule has 1 aromatic rings. The summed E-state index contributed by atoms with van der Waals surface area (Å²) in [6.45, 7) is 4.32. The normalized spacial score (nSPS) is 20.8. The summed E-state index contributed by atoms with van der Waals surface area (Å²) in [7, 11) is 2.17. The molecular weight excluding hydrogens is 164 g/mol. The van der Waals surface area contributed by atoms with Gasteiger partial charge >= 0.3 is 0 Å². The Morgan fingerprint density at radius 3 is 2.69 bits per heavy atom. The van der Waals surface area contributed by atoms with E-state index >= 15 is 0 Å². The lowest BCUT2D eigenvalue weighted by Crippen LogP contribution is -2.29. The molecule has 0 amide bonds. The van der Waals surface area contributed by atoms with E-state index in [1.165, 1.54) is 25.9 Å². The van der Waals surface area contributed by atoms with E-state index in [2.05, 4.69) is 23.2 Å². The molecule has 0 spiro atoms. The van der Waals surface area contributed by atoms with Gasteiger partial charge in [0.05, 0.1) is 5.69 Å². The van der Waals surface area contributed by atoms with Gasteiger partial charge in [0.2, 0.25) is 0 Å². The fraction of sp³-hybridized carbons (Fsp3) is 0.700. The average Bonchev–Trinajstić information content (AvgIpc) is 2.53. The number of nitrogens with zero attached hydrogens (tertiary/aromatic N) is 2. The number of rotatable bonds is 1. The molecule has 0 saturated carbocycles. The monoisotopic (exact) mass is 180 g/mol. The molecule has 0 aromatic carbocycles. The van der Waals surface area contributed by atoms with Crippen molar-refractivity contribution < 1.29 is 4.52 Å². The molecule has 1 fully saturated rings. The number of piperidine rings is 1. The molecule has 3 nitrogen and oxygen atoms in total. The van der Waals surface area contributed by atoms with E-state index in [1.54, 1.807) is 0 Å². The van der Waals surface area contributed by atoms with Crippen LogP contribution in [-0.2, 0) is 0 Å². The van der Waals surface area contributed by atoms with Gasteiger partial charge in [-0.2, -0.15) is 0 Å². The van der Waals surface area contributed by atoms with Crippen molar-refractivity contribution in [1.82, 2.24) is 10.1 Å². The standard InChI is InChI=1S/C10H16N2O/c1-8-7-10(13-11-8)9-3-5-12(2)6-4-9/h7,9H,3-6H2,1-2H3. The molecular formula is C10H16N2O. The second kappa shape index (κ2) is 3.50. The van der Waals surface area contributed by atoms with E-state index in [1.807, 2.05) is 6.92 Å². The van der Waals surface area contributed by atoms with Crippen LogP contribution in [0.5, 0.6) is 0 Å². The molecule has 0 atom stereocenters. The van der Waals surface area contributed by atoms with Crippen molar-refractivity contribution >= 4 is 0 Å². The van der Waals surface area contributed by atoms with Crippen LogP contribution in [0.4, 0.5) is 0 Å². The van der Waals surface area contributed by atoms with E-state index in [9.17, 15) is 0 Å². The third-order valence-electron chi connectivity index (χ3n) is 2.77. The predicted molar refractivity (Wildman–Crippen MR) is 50.7 cm³/mol. The van der Waals surface area contributed by atoms with E-state index in [-0.39, 0.29) is 0 Å². The Kier molecular flexibility index (Phi) is 2.36. The Hall–Kier alpha value is -0.830. The molecule has 2 heterocycles. The summed E-state index contributed by atoms with van der Waals surface area (Å²) in [5, 5.41) is 3.92. The number of likely N-dealkylation sites (tertiary alicyclic amines) is 1. The molecule has 0 bridgehead atoms. The number of aromatic nitrogens is 1. The highest BCUT2D eigenvalue weighted by atomic mass is 16.5. The van der Waals surface area contributed by atoms with Crippen molar-refractivity contribution in [3.63, 3.8) is 0 Å². The van der Waals surface area contributed by atoms with Crippen LogP contribution >= 0.6 is 0 Å². The number of aryl methyl sites for hydroxylation is 1. The van der Waals surface area contributed by atoms with Crippen molar-refractivity contribution in [2.24, 2.45) is 0 Å². The summed E-state index contributed by atoms with van der Waals surface area (Å²) in [6, 6.07) is 2.07. The minimum Gasteiger partial charge on any atom is -0.361 e. The van der Waals surface area contributed by atoms with Gasteiger partial charge in [-0.05, 0) is 39.9 Å². The van der Waals surface area contributed by atoms with Crippen molar-refractivity contribution in [2.75, 3.05) is 20.1 Å².